The molecule has 0 heterocycles. The van der Waals surface area contributed by atoms with E-state index in [2.05, 4.69) is 15.4 Å². The number of ether oxygens (including phenoxy) is 1. The van der Waals surface area contributed by atoms with Crippen molar-refractivity contribution in [3.05, 3.63) is 0 Å². The second-order valence-electron chi connectivity index (χ2n) is 3.46. The van der Waals surface area contributed by atoms with Gasteiger partial charge in [0.15, 0.2) is 0 Å². The lowest BCUT2D eigenvalue weighted by Gasteiger charge is -2.10. The van der Waals surface area contributed by atoms with Gasteiger partial charge in [0.1, 0.15) is 12.6 Å². The van der Waals surface area contributed by atoms with Crippen LogP contribution in [0.5, 0.6) is 0 Å². The van der Waals surface area contributed by atoms with Crippen LogP contribution in [0.25, 0.3) is 0 Å². The molecule has 0 aliphatic carbocycles. The van der Waals surface area contributed by atoms with E-state index >= 15 is 0 Å². The molecule has 0 radical (unpaired) electrons. The van der Waals surface area contributed by atoms with Gasteiger partial charge in [0.25, 0.3) is 0 Å². The molecule has 7 nitrogen and oxygen atoms in total. The summed E-state index contributed by atoms with van der Waals surface area (Å²) >= 11 is 0. The Morgan fingerprint density at radius 3 is 2.59 bits per heavy atom. The minimum absolute atomic E-state index is 0.0212. The Balaban J connectivity index is 3.45. The smallest absolute Gasteiger partial charge is 0.407 e. The van der Waals surface area contributed by atoms with E-state index in [-0.39, 0.29) is 13.2 Å². The van der Waals surface area contributed by atoms with Crippen LogP contribution in [0.3, 0.4) is 0 Å². The summed E-state index contributed by atoms with van der Waals surface area (Å²) in [6.07, 6.45) is 1.32. The zero-order chi connectivity index (χ0) is 13.1. The molecule has 0 aromatic heterocycles. The highest BCUT2D eigenvalue weighted by atomic mass is 16.6. The number of hydrogen-bond acceptors (Lipinski definition) is 5. The molecule has 0 bridgehead atoms. The molecule has 17 heavy (non-hydrogen) atoms. The standard InChI is InChI=1S/C10H20N2O5/c1-11-8(9(14)15)4-2-3-5-12-10(16)17-7-6-13/h8,11,13H,2-7H2,1H3,(H,12,16)(H,14,15). The predicted molar refractivity (Wildman–Crippen MR) is 60.8 cm³/mol. The Bertz CT molecular complexity index is 235. The third kappa shape index (κ3) is 8.47. The van der Waals surface area contributed by atoms with Gasteiger partial charge in [0, 0.05) is 6.54 Å². The first kappa shape index (κ1) is 15.7. The monoisotopic (exact) mass is 248 g/mol. The number of unbranched alkanes of at least 4 members (excludes halogenated alkanes) is 1. The van der Waals surface area contributed by atoms with Crippen molar-refractivity contribution in [2.75, 3.05) is 26.8 Å². The van der Waals surface area contributed by atoms with E-state index < -0.39 is 18.1 Å². The van der Waals surface area contributed by atoms with Crippen LogP contribution in [0.2, 0.25) is 0 Å². The molecule has 4 N–H and O–H groups in total. The first-order valence-corrected chi connectivity index (χ1v) is 5.53. The SMILES string of the molecule is CNC(CCCCNC(=O)OCCO)C(=O)O. The van der Waals surface area contributed by atoms with Gasteiger partial charge in [-0.15, -0.1) is 0 Å². The predicted octanol–water partition coefficient (Wildman–Crippen LogP) is -0.452. The highest BCUT2D eigenvalue weighted by molar-refractivity contribution is 5.73. The first-order valence-electron chi connectivity index (χ1n) is 5.53. The number of carbonyl (C=O) groups excluding carboxylic acids is 1. The van der Waals surface area contributed by atoms with Crippen LogP contribution in [0.1, 0.15) is 19.3 Å². The fraction of sp³-hybridized carbons (Fsp3) is 0.800. The van der Waals surface area contributed by atoms with Crippen LogP contribution in [0, 0.1) is 0 Å². The molecular weight excluding hydrogens is 228 g/mol. The number of carboxylic acid groups (broad SMARTS) is 1. The van der Waals surface area contributed by atoms with Gasteiger partial charge in [-0.3, -0.25) is 4.79 Å². The number of carbonyl (C=O) groups is 2. The summed E-state index contributed by atoms with van der Waals surface area (Å²) in [6, 6.07) is -0.545. The molecule has 0 aliphatic heterocycles. The van der Waals surface area contributed by atoms with E-state index in [1.54, 1.807) is 7.05 Å². The number of likely N-dealkylation sites (N-methyl/N-ethyl adjacent to an activating group) is 1. The quantitative estimate of drug-likeness (QED) is 0.411. The van der Waals surface area contributed by atoms with E-state index in [0.717, 1.165) is 0 Å². The van der Waals surface area contributed by atoms with Crippen molar-refractivity contribution in [1.82, 2.24) is 10.6 Å². The number of nitrogens with one attached hydrogen (secondary N) is 2. The van der Waals surface area contributed by atoms with Gasteiger partial charge in [-0.1, -0.05) is 0 Å². The Hall–Kier alpha value is -1.34. The molecule has 0 saturated carbocycles. The lowest BCUT2D eigenvalue weighted by molar-refractivity contribution is -0.139. The molecule has 0 aromatic rings. The molecule has 100 valence electrons. The molecular formula is C10H20N2O5. The van der Waals surface area contributed by atoms with E-state index in [4.69, 9.17) is 10.2 Å². The number of alkyl carbamates (subject to hydrolysis) is 1. The van der Waals surface area contributed by atoms with Crippen LogP contribution in [0.15, 0.2) is 0 Å². The van der Waals surface area contributed by atoms with Gasteiger partial charge >= 0.3 is 12.1 Å². The fourth-order valence-electron chi connectivity index (χ4n) is 1.24. The molecule has 0 saturated heterocycles. The van der Waals surface area contributed by atoms with Gasteiger partial charge in [0.05, 0.1) is 6.61 Å². The summed E-state index contributed by atoms with van der Waals surface area (Å²) in [6.45, 7) is 0.211. The molecule has 0 spiro atoms. The molecule has 0 fully saturated rings. The Labute approximate surface area is 100 Å². The highest BCUT2D eigenvalue weighted by Crippen LogP contribution is 2.00. The maximum Gasteiger partial charge on any atom is 0.407 e. The first-order chi connectivity index (χ1) is 8.11. The minimum atomic E-state index is -0.872. The summed E-state index contributed by atoms with van der Waals surface area (Å²) < 4.78 is 4.57. The minimum Gasteiger partial charge on any atom is -0.480 e. The van der Waals surface area contributed by atoms with E-state index in [9.17, 15) is 9.59 Å². The maximum atomic E-state index is 10.9. The third-order valence-corrected chi connectivity index (χ3v) is 2.16. The van der Waals surface area contributed by atoms with Crippen molar-refractivity contribution >= 4 is 12.1 Å². The summed E-state index contributed by atoms with van der Waals surface area (Å²) in [4.78, 5) is 21.6. The lowest BCUT2D eigenvalue weighted by atomic mass is 10.1. The zero-order valence-electron chi connectivity index (χ0n) is 9.94. The molecule has 1 atom stereocenters. The second kappa shape index (κ2) is 9.86. The lowest BCUT2D eigenvalue weighted by Crippen LogP contribution is -2.34. The Morgan fingerprint density at radius 2 is 2.06 bits per heavy atom. The topological polar surface area (TPSA) is 108 Å². The van der Waals surface area contributed by atoms with E-state index in [1.165, 1.54) is 0 Å². The van der Waals surface area contributed by atoms with Crippen LogP contribution in [-0.4, -0.2) is 55.1 Å². The third-order valence-electron chi connectivity index (χ3n) is 2.16. The zero-order valence-corrected chi connectivity index (χ0v) is 9.94. The van der Waals surface area contributed by atoms with Crippen LogP contribution < -0.4 is 10.6 Å². The number of aliphatic hydroxyl groups is 1. The molecule has 7 heteroatoms. The summed E-state index contributed by atoms with van der Waals surface area (Å²) in [7, 11) is 1.60. The van der Waals surface area contributed by atoms with Crippen molar-refractivity contribution in [1.29, 1.82) is 0 Å². The van der Waals surface area contributed by atoms with Gasteiger partial charge in [-0.2, -0.15) is 0 Å². The van der Waals surface area contributed by atoms with Crippen LogP contribution in [-0.2, 0) is 9.53 Å². The summed E-state index contributed by atoms with van der Waals surface area (Å²) in [5.41, 5.74) is 0. The molecule has 0 aromatic carbocycles. The van der Waals surface area contributed by atoms with E-state index in [1.807, 2.05) is 0 Å². The number of aliphatic carboxylic acids is 1. The van der Waals surface area contributed by atoms with Crippen LogP contribution >= 0.6 is 0 Å². The van der Waals surface area contributed by atoms with Crippen molar-refractivity contribution < 1.29 is 24.5 Å². The molecule has 1 unspecified atom stereocenters. The van der Waals surface area contributed by atoms with Crippen molar-refractivity contribution in [2.24, 2.45) is 0 Å². The molecule has 0 aliphatic rings. The van der Waals surface area contributed by atoms with Gasteiger partial charge in [-0.05, 0) is 26.3 Å². The number of aliphatic hydroxyl groups excluding tert-OH is 1. The molecule has 0 rings (SSSR count). The Morgan fingerprint density at radius 1 is 1.35 bits per heavy atom. The number of carboxylic acids is 1. The van der Waals surface area contributed by atoms with Crippen molar-refractivity contribution in [2.45, 2.75) is 25.3 Å². The van der Waals surface area contributed by atoms with Gasteiger partial charge in [0.2, 0.25) is 0 Å². The summed E-state index contributed by atoms with van der Waals surface area (Å²) in [5, 5.41) is 22.3. The number of amides is 1. The molecule has 1 amide bonds. The largest absolute Gasteiger partial charge is 0.480 e. The van der Waals surface area contributed by atoms with Gasteiger partial charge in [-0.25, -0.2) is 4.79 Å². The highest BCUT2D eigenvalue weighted by Gasteiger charge is 2.13. The van der Waals surface area contributed by atoms with Gasteiger partial charge < -0.3 is 25.6 Å². The normalized spacial score (nSPS) is 11.9. The van der Waals surface area contributed by atoms with E-state index in [0.29, 0.717) is 25.8 Å². The summed E-state index contributed by atoms with van der Waals surface area (Å²) in [5.74, 6) is -0.872. The number of rotatable bonds is 9. The average Bonchev–Trinajstić information content (AvgIpc) is 2.30. The maximum absolute atomic E-state index is 10.9. The Kier molecular flexibility index (Phi) is 9.08. The van der Waals surface area contributed by atoms with Crippen LogP contribution in [0.4, 0.5) is 4.79 Å². The number of hydrogen-bond donors (Lipinski definition) is 4. The second-order valence-corrected chi connectivity index (χ2v) is 3.46. The fourth-order valence-corrected chi connectivity index (χ4v) is 1.24. The average molecular weight is 248 g/mol. The van der Waals surface area contributed by atoms with Crippen molar-refractivity contribution in [3.63, 3.8) is 0 Å². The van der Waals surface area contributed by atoms with Crippen molar-refractivity contribution in [3.8, 4) is 0 Å².